The van der Waals surface area contributed by atoms with Crippen LogP contribution < -0.4 is 15.1 Å². The summed E-state index contributed by atoms with van der Waals surface area (Å²) in [6, 6.07) is 18.3. The van der Waals surface area contributed by atoms with Crippen molar-refractivity contribution in [2.24, 2.45) is 0 Å². The third kappa shape index (κ3) is 5.26. The van der Waals surface area contributed by atoms with Gasteiger partial charge >= 0.3 is 0 Å². The van der Waals surface area contributed by atoms with E-state index in [0.717, 1.165) is 24.3 Å². The number of hydrogen-bond acceptors (Lipinski definition) is 3. The molecule has 0 saturated carbocycles. The number of hydrogen-bond donors (Lipinski definition) is 2. The minimum atomic E-state index is -0.267. The van der Waals surface area contributed by atoms with Crippen LogP contribution in [0, 0.1) is 0 Å². The van der Waals surface area contributed by atoms with E-state index in [2.05, 4.69) is 41.4 Å². The molecule has 1 atom stereocenters. The summed E-state index contributed by atoms with van der Waals surface area (Å²) >= 11 is 0. The molecular weight excluding hydrogens is 348 g/mol. The zero-order chi connectivity index (χ0) is 19.9. The number of amides is 1. The highest BCUT2D eigenvalue weighted by molar-refractivity contribution is 5.84. The van der Waals surface area contributed by atoms with E-state index in [1.54, 1.807) is 9.80 Å². The molecule has 3 rings (SSSR count). The summed E-state index contributed by atoms with van der Waals surface area (Å²) in [6.45, 7) is 10.6. The van der Waals surface area contributed by atoms with E-state index in [-0.39, 0.29) is 11.9 Å². The second-order valence-corrected chi connectivity index (χ2v) is 7.68. The van der Waals surface area contributed by atoms with Gasteiger partial charge in [0.2, 0.25) is 5.91 Å². The van der Waals surface area contributed by atoms with Crippen molar-refractivity contribution in [3.05, 3.63) is 60.2 Å². The van der Waals surface area contributed by atoms with Crippen LogP contribution in [0.15, 0.2) is 54.6 Å². The lowest BCUT2D eigenvalue weighted by Crippen LogP contribution is -3.14. The van der Waals surface area contributed by atoms with Crippen molar-refractivity contribution in [2.45, 2.75) is 26.4 Å². The van der Waals surface area contributed by atoms with Gasteiger partial charge in [-0.3, -0.25) is 4.79 Å². The summed E-state index contributed by atoms with van der Waals surface area (Å²) in [5.74, 6) is 0.0894. The molecule has 1 fully saturated rings. The molecule has 1 heterocycles. The second kappa shape index (κ2) is 9.60. The topological polar surface area (TPSA) is 40.0 Å². The number of piperazine rings is 1. The fourth-order valence-electron chi connectivity index (χ4n) is 3.78. The quantitative estimate of drug-likeness (QED) is 0.769. The Labute approximate surface area is 168 Å². The van der Waals surface area contributed by atoms with Crippen molar-refractivity contribution in [1.29, 1.82) is 0 Å². The summed E-state index contributed by atoms with van der Waals surface area (Å²) in [4.78, 5) is 18.6. The van der Waals surface area contributed by atoms with Crippen LogP contribution in [-0.2, 0) is 11.3 Å². The van der Waals surface area contributed by atoms with Gasteiger partial charge in [-0.25, -0.2) is 0 Å². The lowest BCUT2D eigenvalue weighted by atomic mass is 10.2. The first-order chi connectivity index (χ1) is 13.6. The number of quaternary nitrogens is 1. The van der Waals surface area contributed by atoms with Gasteiger partial charge in [0.15, 0.2) is 0 Å². The molecule has 2 aromatic rings. The second-order valence-electron chi connectivity index (χ2n) is 7.68. The predicted octanol–water partition coefficient (Wildman–Crippen LogP) is 1.87. The minimum absolute atomic E-state index is 0.0894. The molecule has 1 aliphatic rings. The number of benzene rings is 2. The number of carbonyl (C=O) groups is 1. The molecule has 0 aliphatic carbocycles. The van der Waals surface area contributed by atoms with Gasteiger partial charge in [-0.1, -0.05) is 30.3 Å². The van der Waals surface area contributed by atoms with Crippen molar-refractivity contribution in [3.63, 3.8) is 0 Å². The van der Waals surface area contributed by atoms with Gasteiger partial charge < -0.3 is 20.0 Å². The smallest absolute Gasteiger partial charge is 0.244 e. The van der Waals surface area contributed by atoms with E-state index < -0.39 is 0 Å². The van der Waals surface area contributed by atoms with Gasteiger partial charge in [0, 0.05) is 25.0 Å². The van der Waals surface area contributed by atoms with E-state index in [9.17, 15) is 4.79 Å². The molecule has 1 aliphatic heterocycles. The Morgan fingerprint density at radius 3 is 2.36 bits per heavy atom. The number of nitrogens with zero attached hydrogens (tertiary/aromatic N) is 2. The molecule has 2 N–H and O–H groups in total. The van der Waals surface area contributed by atoms with Crippen molar-refractivity contribution in [2.75, 3.05) is 50.0 Å². The monoisotopic (exact) mass is 381 g/mol. The molecule has 5 heteroatoms. The average molecular weight is 382 g/mol. The van der Waals surface area contributed by atoms with Crippen LogP contribution >= 0.6 is 0 Å². The molecular formula is C23H33N4O+. The van der Waals surface area contributed by atoms with Crippen molar-refractivity contribution in [1.82, 2.24) is 4.90 Å². The van der Waals surface area contributed by atoms with Crippen molar-refractivity contribution >= 4 is 17.3 Å². The highest BCUT2D eigenvalue weighted by Crippen LogP contribution is 2.19. The number of likely N-dealkylation sites (N-methyl/N-ethyl adjacent to an activating group) is 2. The summed E-state index contributed by atoms with van der Waals surface area (Å²) in [7, 11) is 1.86. The summed E-state index contributed by atoms with van der Waals surface area (Å²) in [6.07, 6.45) is 0. The maximum Gasteiger partial charge on any atom is 0.244 e. The Balaban J connectivity index is 1.52. The highest BCUT2D eigenvalue weighted by atomic mass is 16.2. The van der Waals surface area contributed by atoms with Crippen molar-refractivity contribution in [3.8, 4) is 0 Å². The van der Waals surface area contributed by atoms with Gasteiger partial charge in [-0.2, -0.15) is 0 Å². The van der Waals surface area contributed by atoms with E-state index in [1.165, 1.54) is 25.3 Å². The summed E-state index contributed by atoms with van der Waals surface area (Å²) < 4.78 is 0. The molecule has 2 aromatic carbocycles. The van der Waals surface area contributed by atoms with Crippen LogP contribution in [-0.4, -0.2) is 56.6 Å². The fourth-order valence-corrected chi connectivity index (χ4v) is 3.78. The Morgan fingerprint density at radius 2 is 1.75 bits per heavy atom. The van der Waals surface area contributed by atoms with E-state index in [0.29, 0.717) is 6.54 Å². The van der Waals surface area contributed by atoms with Crippen LogP contribution in [0.5, 0.6) is 0 Å². The van der Waals surface area contributed by atoms with E-state index in [4.69, 9.17) is 0 Å². The summed E-state index contributed by atoms with van der Waals surface area (Å²) in [5, 5.41) is 3.34. The SMILES string of the molecule is CC[NH+]1CCN(c2ccc(N[C@H](C)C(=O)N(C)Cc3ccccc3)cc2)CC1. The maximum atomic E-state index is 12.7. The first-order valence-corrected chi connectivity index (χ1v) is 10.3. The number of rotatable bonds is 7. The first-order valence-electron chi connectivity index (χ1n) is 10.3. The number of anilines is 2. The number of nitrogens with one attached hydrogen (secondary N) is 2. The molecule has 1 amide bonds. The molecule has 0 bridgehead atoms. The van der Waals surface area contributed by atoms with Gasteiger partial charge in [-0.15, -0.1) is 0 Å². The largest absolute Gasteiger partial charge is 0.374 e. The van der Waals surface area contributed by atoms with Gasteiger partial charge in [0.1, 0.15) is 6.04 Å². The summed E-state index contributed by atoms with van der Waals surface area (Å²) in [5.41, 5.74) is 3.39. The Bertz CT molecular complexity index is 739. The van der Waals surface area contributed by atoms with Crippen LogP contribution in [0.3, 0.4) is 0 Å². The van der Waals surface area contributed by atoms with Crippen molar-refractivity contribution < 1.29 is 9.69 Å². The molecule has 0 spiro atoms. The average Bonchev–Trinajstić information content (AvgIpc) is 2.74. The van der Waals surface area contributed by atoms with Gasteiger partial charge in [-0.05, 0) is 43.7 Å². The molecule has 1 saturated heterocycles. The third-order valence-electron chi connectivity index (χ3n) is 5.60. The van der Waals surface area contributed by atoms with E-state index >= 15 is 0 Å². The molecule has 0 aromatic heterocycles. The molecule has 0 radical (unpaired) electrons. The Morgan fingerprint density at radius 1 is 1.11 bits per heavy atom. The van der Waals surface area contributed by atoms with Crippen LogP contribution in [0.25, 0.3) is 0 Å². The fraction of sp³-hybridized carbons (Fsp3) is 0.435. The van der Waals surface area contributed by atoms with Crippen LogP contribution in [0.1, 0.15) is 19.4 Å². The maximum absolute atomic E-state index is 12.7. The first kappa shape index (κ1) is 20.2. The van der Waals surface area contributed by atoms with Crippen LogP contribution in [0.2, 0.25) is 0 Å². The van der Waals surface area contributed by atoms with Gasteiger partial charge in [0.05, 0.1) is 32.7 Å². The van der Waals surface area contributed by atoms with E-state index in [1.807, 2.05) is 44.3 Å². The Kier molecular flexibility index (Phi) is 6.93. The minimum Gasteiger partial charge on any atom is -0.374 e. The molecule has 150 valence electrons. The molecule has 5 nitrogen and oxygen atoms in total. The Hall–Kier alpha value is -2.53. The standard InChI is InChI=1S/C23H32N4O/c1-4-26-14-16-27(17-15-26)22-12-10-21(11-13-22)24-19(2)23(28)25(3)18-20-8-6-5-7-9-20/h5-13,19,24H,4,14-18H2,1-3H3/p+1/t19-/m1/s1. The van der Waals surface area contributed by atoms with Crippen LogP contribution in [0.4, 0.5) is 11.4 Å². The van der Waals surface area contributed by atoms with Gasteiger partial charge in [0.25, 0.3) is 0 Å². The lowest BCUT2D eigenvalue weighted by Gasteiger charge is -2.33. The molecule has 0 unspecified atom stereocenters. The normalized spacial score (nSPS) is 15.9. The third-order valence-corrected chi connectivity index (χ3v) is 5.60. The molecule has 28 heavy (non-hydrogen) atoms. The predicted molar refractivity (Wildman–Crippen MR) is 116 cm³/mol. The zero-order valence-corrected chi connectivity index (χ0v) is 17.3. The highest BCUT2D eigenvalue weighted by Gasteiger charge is 2.20. The lowest BCUT2D eigenvalue weighted by molar-refractivity contribution is -0.898. The number of carbonyl (C=O) groups excluding carboxylic acids is 1. The zero-order valence-electron chi connectivity index (χ0n) is 17.3.